The molecular weight excluding hydrogens is 572 g/mol. The van der Waals surface area contributed by atoms with Crippen molar-refractivity contribution in [2.45, 2.75) is 38.3 Å². The third kappa shape index (κ3) is 5.20. The number of aromatic nitrogens is 1. The number of aromatic amines is 1. The van der Waals surface area contributed by atoms with Crippen molar-refractivity contribution in [2.24, 2.45) is 11.8 Å². The highest BCUT2D eigenvalue weighted by Gasteiger charge is 2.57. The molecule has 0 unspecified atom stereocenters. The fourth-order valence-electron chi connectivity index (χ4n) is 7.04. The molecule has 6 rings (SSSR count). The van der Waals surface area contributed by atoms with Gasteiger partial charge in [0, 0.05) is 60.1 Å². The Morgan fingerprint density at radius 2 is 1.86 bits per heavy atom. The minimum atomic E-state index is -0.891. The quantitative estimate of drug-likeness (QED) is 0.424. The van der Waals surface area contributed by atoms with E-state index in [1.165, 1.54) is 0 Å². The first kappa shape index (κ1) is 29.3. The van der Waals surface area contributed by atoms with Crippen LogP contribution in [0.25, 0.3) is 10.9 Å². The van der Waals surface area contributed by atoms with E-state index < -0.39 is 17.4 Å². The zero-order valence-corrected chi connectivity index (χ0v) is 25.5. The van der Waals surface area contributed by atoms with Crippen molar-refractivity contribution in [3.8, 4) is 11.5 Å². The predicted molar refractivity (Wildman–Crippen MR) is 161 cm³/mol. The second-order valence-electron chi connectivity index (χ2n) is 11.6. The first-order valence-corrected chi connectivity index (χ1v) is 15.1. The lowest BCUT2D eigenvalue weighted by Crippen LogP contribution is -2.65. The molecule has 0 bridgehead atoms. The van der Waals surface area contributed by atoms with Crippen LogP contribution in [0.1, 0.15) is 36.6 Å². The molecule has 2 fully saturated rings. The molecule has 2 aromatic carbocycles. The molecule has 2 N–H and O–H groups in total. The maximum absolute atomic E-state index is 14.2. The van der Waals surface area contributed by atoms with E-state index in [4.69, 9.17) is 25.8 Å². The van der Waals surface area contributed by atoms with Crippen molar-refractivity contribution in [3.63, 3.8) is 0 Å². The molecule has 11 heteroatoms. The summed E-state index contributed by atoms with van der Waals surface area (Å²) in [5.74, 6) is -0.326. The van der Waals surface area contributed by atoms with Crippen LogP contribution in [0.4, 0.5) is 0 Å². The molecule has 228 valence electrons. The number of nitrogens with one attached hydrogen (secondary N) is 2. The van der Waals surface area contributed by atoms with E-state index in [9.17, 15) is 14.4 Å². The summed E-state index contributed by atoms with van der Waals surface area (Å²) < 4.78 is 16.2. The second-order valence-corrected chi connectivity index (χ2v) is 12.1. The van der Waals surface area contributed by atoms with Gasteiger partial charge in [-0.1, -0.05) is 17.7 Å². The van der Waals surface area contributed by atoms with Gasteiger partial charge in [0.1, 0.15) is 0 Å². The monoisotopic (exact) mass is 608 g/mol. The molecule has 0 aliphatic carbocycles. The topological polar surface area (TPSA) is 113 Å². The number of carbonyl (C=O) groups is 3. The summed E-state index contributed by atoms with van der Waals surface area (Å²) in [5.41, 5.74) is 2.86. The molecule has 3 aliphatic heterocycles. The number of hydrogen-bond donors (Lipinski definition) is 2. The number of piperidine rings is 1. The summed E-state index contributed by atoms with van der Waals surface area (Å²) in [6.45, 7) is 4.70. The van der Waals surface area contributed by atoms with Gasteiger partial charge in [-0.05, 0) is 61.2 Å². The van der Waals surface area contributed by atoms with Crippen LogP contribution in [-0.2, 0) is 37.6 Å². The Labute approximate surface area is 255 Å². The highest BCUT2D eigenvalue weighted by molar-refractivity contribution is 6.31. The molecule has 0 radical (unpaired) electrons. The largest absolute Gasteiger partial charge is 0.493 e. The first-order valence-electron chi connectivity index (χ1n) is 14.7. The molecule has 3 aliphatic rings. The lowest BCUT2D eigenvalue weighted by Gasteiger charge is -2.54. The lowest BCUT2D eigenvalue weighted by molar-refractivity contribution is -0.166. The van der Waals surface area contributed by atoms with E-state index in [2.05, 4.69) is 10.3 Å². The molecule has 10 nitrogen and oxygen atoms in total. The third-order valence-corrected chi connectivity index (χ3v) is 9.56. The van der Waals surface area contributed by atoms with E-state index in [-0.39, 0.29) is 37.1 Å². The first-order chi connectivity index (χ1) is 20.7. The Morgan fingerprint density at radius 3 is 2.60 bits per heavy atom. The van der Waals surface area contributed by atoms with Gasteiger partial charge in [-0.2, -0.15) is 0 Å². The minimum absolute atomic E-state index is 0.000755. The maximum Gasteiger partial charge on any atom is 0.228 e. The smallest absolute Gasteiger partial charge is 0.228 e. The fourth-order valence-corrected chi connectivity index (χ4v) is 7.21. The van der Waals surface area contributed by atoms with Crippen LogP contribution in [0.2, 0.25) is 5.02 Å². The van der Waals surface area contributed by atoms with E-state index in [1.54, 1.807) is 20.3 Å². The summed E-state index contributed by atoms with van der Waals surface area (Å²) >= 11 is 6.35. The van der Waals surface area contributed by atoms with Crippen LogP contribution >= 0.6 is 11.6 Å². The maximum atomic E-state index is 14.2. The number of ether oxygens (including phenoxy) is 3. The molecule has 0 saturated carbocycles. The van der Waals surface area contributed by atoms with Gasteiger partial charge in [0.25, 0.3) is 0 Å². The average Bonchev–Trinajstić information content (AvgIpc) is 3.40. The molecule has 1 aromatic heterocycles. The van der Waals surface area contributed by atoms with Crippen molar-refractivity contribution in [1.82, 2.24) is 20.1 Å². The summed E-state index contributed by atoms with van der Waals surface area (Å²) in [5, 5.41) is 4.61. The van der Waals surface area contributed by atoms with Gasteiger partial charge in [0.2, 0.25) is 17.7 Å². The van der Waals surface area contributed by atoms with Crippen LogP contribution in [0.15, 0.2) is 36.4 Å². The Kier molecular flexibility index (Phi) is 8.00. The fraction of sp³-hybridized carbons (Fsp3) is 0.469. The average molecular weight is 609 g/mol. The Bertz CT molecular complexity index is 1570. The number of benzene rings is 2. The number of hydrogen-bond acceptors (Lipinski definition) is 6. The Balaban J connectivity index is 1.27. The SMILES string of the molecule is COc1ccc(CNC(=O)C[C@H]2C[C@H](C(=O)N3CCOCC3)[C@@]3(C)c4[nH]c5ccc(Cl)cc5c4CCN3C2=O)cc1OC. The molecule has 3 aromatic rings. The number of fused-ring (bicyclic) bond motifs is 5. The summed E-state index contributed by atoms with van der Waals surface area (Å²) in [7, 11) is 3.13. The van der Waals surface area contributed by atoms with Crippen molar-refractivity contribution < 1.29 is 28.6 Å². The number of halogens is 1. The lowest BCUT2D eigenvalue weighted by atomic mass is 9.67. The summed E-state index contributed by atoms with van der Waals surface area (Å²) in [6.07, 6.45) is 0.913. The predicted octanol–water partition coefficient (Wildman–Crippen LogP) is 3.64. The number of carbonyl (C=O) groups excluding carboxylic acids is 3. The number of amides is 3. The standard InChI is InChI=1S/C32H37ClN4O6/c1-32-24(31(40)36-10-12-43-13-11-36)15-20(16-28(38)34-18-19-4-7-26(41-2)27(14-19)42-3)30(39)37(32)9-8-22-23-17-21(33)5-6-25(23)35-29(22)32/h4-7,14,17,20,24,35H,8-13,15-16,18H2,1-3H3,(H,34,38)/t20-,24-,32+/m1/s1. The van der Waals surface area contributed by atoms with Crippen LogP contribution in [-0.4, -0.2) is 79.6 Å². The molecular formula is C32H37ClN4O6. The van der Waals surface area contributed by atoms with E-state index in [1.807, 2.05) is 47.1 Å². The molecule has 3 amide bonds. The molecule has 0 spiro atoms. The number of rotatable bonds is 7. The van der Waals surface area contributed by atoms with E-state index in [0.717, 1.165) is 27.7 Å². The van der Waals surface area contributed by atoms with Gasteiger partial charge >= 0.3 is 0 Å². The van der Waals surface area contributed by atoms with Gasteiger partial charge in [0.05, 0.1) is 38.9 Å². The molecule has 3 atom stereocenters. The van der Waals surface area contributed by atoms with Crippen molar-refractivity contribution in [2.75, 3.05) is 47.1 Å². The van der Waals surface area contributed by atoms with Crippen molar-refractivity contribution in [3.05, 3.63) is 58.2 Å². The second kappa shape index (κ2) is 11.7. The Hall–Kier alpha value is -3.76. The Morgan fingerprint density at radius 1 is 1.09 bits per heavy atom. The summed E-state index contributed by atoms with van der Waals surface area (Å²) in [6, 6.07) is 11.2. The normalized spacial score (nSPS) is 23.5. The zero-order chi connectivity index (χ0) is 30.3. The highest BCUT2D eigenvalue weighted by Crippen LogP contribution is 2.50. The van der Waals surface area contributed by atoms with Crippen LogP contribution in [0.5, 0.6) is 11.5 Å². The van der Waals surface area contributed by atoms with Gasteiger partial charge < -0.3 is 34.3 Å². The van der Waals surface area contributed by atoms with Crippen LogP contribution < -0.4 is 14.8 Å². The molecule has 4 heterocycles. The van der Waals surface area contributed by atoms with Gasteiger partial charge in [0.15, 0.2) is 11.5 Å². The summed E-state index contributed by atoms with van der Waals surface area (Å²) in [4.78, 5) is 48.8. The molecule has 43 heavy (non-hydrogen) atoms. The third-order valence-electron chi connectivity index (χ3n) is 9.32. The van der Waals surface area contributed by atoms with E-state index >= 15 is 0 Å². The van der Waals surface area contributed by atoms with Crippen LogP contribution in [0, 0.1) is 11.8 Å². The number of H-pyrrole nitrogens is 1. The minimum Gasteiger partial charge on any atom is -0.493 e. The van der Waals surface area contributed by atoms with Crippen LogP contribution in [0.3, 0.4) is 0 Å². The number of nitrogens with zero attached hydrogens (tertiary/aromatic N) is 2. The van der Waals surface area contributed by atoms with Gasteiger partial charge in [-0.25, -0.2) is 0 Å². The number of morpholine rings is 1. The molecule has 2 saturated heterocycles. The van der Waals surface area contributed by atoms with Crippen molar-refractivity contribution in [1.29, 1.82) is 0 Å². The van der Waals surface area contributed by atoms with Crippen molar-refractivity contribution >= 4 is 40.2 Å². The zero-order valence-electron chi connectivity index (χ0n) is 24.7. The van der Waals surface area contributed by atoms with Gasteiger partial charge in [-0.3, -0.25) is 14.4 Å². The number of methoxy groups -OCH3 is 2. The highest BCUT2D eigenvalue weighted by atomic mass is 35.5. The van der Waals surface area contributed by atoms with E-state index in [0.29, 0.717) is 55.8 Å². The van der Waals surface area contributed by atoms with Gasteiger partial charge in [-0.15, -0.1) is 0 Å².